The molecule has 0 bridgehead atoms. The van der Waals surface area contributed by atoms with Crippen LogP contribution in [0.5, 0.6) is 0 Å². The Morgan fingerprint density at radius 1 is 0.900 bits per heavy atom. The lowest BCUT2D eigenvalue weighted by Gasteiger charge is -2.26. The third kappa shape index (κ3) is 6.44. The molecule has 0 atom stereocenters. The van der Waals surface area contributed by atoms with Gasteiger partial charge in [-0.3, -0.25) is 14.4 Å². The highest BCUT2D eigenvalue weighted by molar-refractivity contribution is 6.00. The highest BCUT2D eigenvalue weighted by atomic mass is 16.5. The highest BCUT2D eigenvalue weighted by Gasteiger charge is 2.21. The molecule has 158 valence electrons. The molecule has 0 fully saturated rings. The van der Waals surface area contributed by atoms with Gasteiger partial charge >= 0.3 is 5.97 Å². The number of rotatable bonds is 7. The van der Waals surface area contributed by atoms with E-state index in [9.17, 15) is 19.2 Å². The maximum Gasteiger partial charge on any atom is 0.338 e. The monoisotopic (exact) mass is 411 g/mol. The van der Waals surface area contributed by atoms with Crippen molar-refractivity contribution in [2.45, 2.75) is 33.7 Å². The first kappa shape index (κ1) is 22.6. The zero-order valence-electron chi connectivity index (χ0n) is 17.4. The SMILES string of the molecule is CC(=O)Nc1cc(NC(C)=O)cc(C(=O)OCC(=O)N(c2ccccc2)C(C)C)c1. The summed E-state index contributed by atoms with van der Waals surface area (Å²) in [5.74, 6) is -1.79. The number of amides is 3. The molecule has 2 N–H and O–H groups in total. The maximum atomic E-state index is 12.7. The van der Waals surface area contributed by atoms with Gasteiger partial charge in [0.05, 0.1) is 5.56 Å². The molecule has 0 unspecified atom stereocenters. The molecule has 0 saturated carbocycles. The summed E-state index contributed by atoms with van der Waals surface area (Å²) in [5, 5.41) is 5.12. The summed E-state index contributed by atoms with van der Waals surface area (Å²) in [4.78, 5) is 49.5. The number of nitrogens with zero attached hydrogens (tertiary/aromatic N) is 1. The van der Waals surface area contributed by atoms with E-state index in [2.05, 4.69) is 10.6 Å². The second-order valence-corrected chi connectivity index (χ2v) is 6.93. The van der Waals surface area contributed by atoms with Gasteiger partial charge in [0, 0.05) is 37.0 Å². The molecule has 0 saturated heterocycles. The van der Waals surface area contributed by atoms with Gasteiger partial charge in [-0.15, -0.1) is 0 Å². The van der Waals surface area contributed by atoms with E-state index in [1.54, 1.807) is 17.0 Å². The van der Waals surface area contributed by atoms with Crippen molar-refractivity contribution < 1.29 is 23.9 Å². The van der Waals surface area contributed by atoms with Crippen LogP contribution in [-0.4, -0.2) is 36.3 Å². The van der Waals surface area contributed by atoms with Gasteiger partial charge in [0.1, 0.15) is 0 Å². The van der Waals surface area contributed by atoms with Crippen molar-refractivity contribution in [3.8, 4) is 0 Å². The summed E-state index contributed by atoms with van der Waals surface area (Å²) in [6.07, 6.45) is 0. The molecule has 0 aliphatic heterocycles. The molecule has 2 aromatic rings. The van der Waals surface area contributed by atoms with Crippen LogP contribution in [0.4, 0.5) is 17.1 Å². The Morgan fingerprint density at radius 3 is 1.90 bits per heavy atom. The maximum absolute atomic E-state index is 12.7. The molecule has 2 aromatic carbocycles. The Morgan fingerprint density at radius 2 is 1.43 bits per heavy atom. The van der Waals surface area contributed by atoms with Crippen molar-refractivity contribution in [2.24, 2.45) is 0 Å². The lowest BCUT2D eigenvalue weighted by Crippen LogP contribution is -2.39. The second-order valence-electron chi connectivity index (χ2n) is 6.93. The number of carbonyl (C=O) groups is 4. The van der Waals surface area contributed by atoms with Crippen molar-refractivity contribution in [3.05, 3.63) is 54.1 Å². The molecule has 0 aromatic heterocycles. The van der Waals surface area contributed by atoms with Crippen molar-refractivity contribution in [1.29, 1.82) is 0 Å². The average Bonchev–Trinajstić information content (AvgIpc) is 2.65. The van der Waals surface area contributed by atoms with Crippen molar-refractivity contribution in [3.63, 3.8) is 0 Å². The minimum atomic E-state index is -0.751. The predicted molar refractivity (Wildman–Crippen MR) is 114 cm³/mol. The van der Waals surface area contributed by atoms with E-state index in [0.717, 1.165) is 0 Å². The topological polar surface area (TPSA) is 105 Å². The molecule has 0 aliphatic carbocycles. The third-order valence-electron chi connectivity index (χ3n) is 3.96. The molecular formula is C22H25N3O5. The predicted octanol–water partition coefficient (Wildman–Crippen LogP) is 3.20. The summed E-state index contributed by atoms with van der Waals surface area (Å²) >= 11 is 0. The summed E-state index contributed by atoms with van der Waals surface area (Å²) in [6, 6.07) is 13.3. The van der Waals surface area contributed by atoms with Crippen molar-refractivity contribution in [1.82, 2.24) is 0 Å². The van der Waals surface area contributed by atoms with E-state index < -0.39 is 12.6 Å². The fourth-order valence-electron chi connectivity index (χ4n) is 2.90. The summed E-state index contributed by atoms with van der Waals surface area (Å²) in [5.41, 5.74) is 1.43. The van der Waals surface area contributed by atoms with Crippen LogP contribution in [0.2, 0.25) is 0 Å². The number of hydrogen-bond acceptors (Lipinski definition) is 5. The quantitative estimate of drug-likeness (QED) is 0.681. The zero-order chi connectivity index (χ0) is 22.3. The smallest absolute Gasteiger partial charge is 0.338 e. The van der Waals surface area contributed by atoms with Gasteiger partial charge in [-0.25, -0.2) is 4.79 Å². The van der Waals surface area contributed by atoms with Crippen molar-refractivity contribution in [2.75, 3.05) is 22.1 Å². The minimum absolute atomic E-state index is 0.0913. The number of anilines is 3. The first-order valence-corrected chi connectivity index (χ1v) is 9.42. The number of benzene rings is 2. The lowest BCUT2D eigenvalue weighted by atomic mass is 10.1. The molecule has 0 spiro atoms. The van der Waals surface area contributed by atoms with Crippen molar-refractivity contribution >= 4 is 40.8 Å². The molecule has 30 heavy (non-hydrogen) atoms. The van der Waals surface area contributed by atoms with Crippen LogP contribution >= 0.6 is 0 Å². The minimum Gasteiger partial charge on any atom is -0.452 e. The van der Waals surface area contributed by atoms with E-state index in [1.165, 1.54) is 32.0 Å². The molecule has 0 radical (unpaired) electrons. The molecule has 0 aliphatic rings. The number of para-hydroxylation sites is 1. The summed E-state index contributed by atoms with van der Waals surface area (Å²) in [7, 11) is 0. The number of hydrogen-bond donors (Lipinski definition) is 2. The van der Waals surface area contributed by atoms with Gasteiger partial charge in [-0.2, -0.15) is 0 Å². The normalized spacial score (nSPS) is 10.3. The Bertz CT molecular complexity index is 907. The summed E-state index contributed by atoms with van der Waals surface area (Å²) in [6.45, 7) is 5.93. The van der Waals surface area contributed by atoms with E-state index in [4.69, 9.17) is 4.74 Å². The van der Waals surface area contributed by atoms with E-state index in [1.807, 2.05) is 32.0 Å². The van der Waals surface area contributed by atoms with Gasteiger partial charge in [-0.05, 0) is 44.2 Å². The lowest BCUT2D eigenvalue weighted by molar-refractivity contribution is -0.122. The van der Waals surface area contributed by atoms with E-state index in [0.29, 0.717) is 17.1 Å². The average molecular weight is 411 g/mol. The number of nitrogens with one attached hydrogen (secondary N) is 2. The summed E-state index contributed by atoms with van der Waals surface area (Å²) < 4.78 is 5.21. The Hall–Kier alpha value is -3.68. The molecular weight excluding hydrogens is 386 g/mol. The standard InChI is InChI=1S/C22H25N3O5/c1-14(2)25(20-8-6-5-7-9-20)21(28)13-30-22(29)17-10-18(23-15(3)26)12-19(11-17)24-16(4)27/h5-12,14H,13H2,1-4H3,(H,23,26)(H,24,27). The molecule has 8 heteroatoms. The molecule has 3 amide bonds. The van der Waals surface area contributed by atoms with Crippen LogP contribution in [0.15, 0.2) is 48.5 Å². The first-order valence-electron chi connectivity index (χ1n) is 9.42. The Kier molecular flexibility index (Phi) is 7.69. The fourth-order valence-corrected chi connectivity index (χ4v) is 2.90. The van der Waals surface area contributed by atoms with E-state index >= 15 is 0 Å². The third-order valence-corrected chi connectivity index (χ3v) is 3.96. The molecule has 2 rings (SSSR count). The van der Waals surface area contributed by atoms with Crippen LogP contribution in [0.3, 0.4) is 0 Å². The molecule has 0 heterocycles. The van der Waals surface area contributed by atoms with Gasteiger partial charge in [0.15, 0.2) is 6.61 Å². The van der Waals surface area contributed by atoms with Crippen LogP contribution in [0.1, 0.15) is 38.1 Å². The van der Waals surface area contributed by atoms with Gasteiger partial charge < -0.3 is 20.3 Å². The van der Waals surface area contributed by atoms with Gasteiger partial charge in [0.2, 0.25) is 11.8 Å². The highest BCUT2D eigenvalue weighted by Crippen LogP contribution is 2.21. The fraction of sp³-hybridized carbons (Fsp3) is 0.273. The largest absolute Gasteiger partial charge is 0.452 e. The van der Waals surface area contributed by atoms with Gasteiger partial charge in [-0.1, -0.05) is 18.2 Å². The Labute approximate surface area is 175 Å². The number of esters is 1. The Balaban J connectivity index is 2.17. The molecule has 8 nitrogen and oxygen atoms in total. The van der Waals surface area contributed by atoms with Crippen LogP contribution in [0.25, 0.3) is 0 Å². The first-order chi connectivity index (χ1) is 14.2. The number of carbonyl (C=O) groups excluding carboxylic acids is 4. The van der Waals surface area contributed by atoms with Crippen LogP contribution in [-0.2, 0) is 19.1 Å². The second kappa shape index (κ2) is 10.2. The van der Waals surface area contributed by atoms with Crippen LogP contribution in [0, 0.1) is 0 Å². The zero-order valence-corrected chi connectivity index (χ0v) is 17.4. The van der Waals surface area contributed by atoms with E-state index in [-0.39, 0.29) is 29.3 Å². The number of ether oxygens (including phenoxy) is 1. The van der Waals surface area contributed by atoms with Gasteiger partial charge in [0.25, 0.3) is 5.91 Å². The van der Waals surface area contributed by atoms with Crippen LogP contribution < -0.4 is 15.5 Å².